The van der Waals surface area contributed by atoms with Crippen LogP contribution in [0.15, 0.2) is 0 Å². The van der Waals surface area contributed by atoms with Gasteiger partial charge in [-0.05, 0) is 51.4 Å². The first-order valence-corrected chi connectivity index (χ1v) is 5.19. The van der Waals surface area contributed by atoms with Gasteiger partial charge in [-0.15, -0.1) is 0 Å². The van der Waals surface area contributed by atoms with Crippen molar-refractivity contribution in [2.45, 2.75) is 0 Å². The molecule has 2 aliphatic rings. The van der Waals surface area contributed by atoms with Gasteiger partial charge in [0.2, 0.25) is 0 Å². The van der Waals surface area contributed by atoms with Crippen LogP contribution in [0.3, 0.4) is 0 Å². The zero-order chi connectivity index (χ0) is 10.2. The van der Waals surface area contributed by atoms with Gasteiger partial charge < -0.3 is 4.74 Å². The summed E-state index contributed by atoms with van der Waals surface area (Å²) >= 11 is 3.28. The molecule has 0 amide bonds. The van der Waals surface area contributed by atoms with E-state index in [2.05, 4.69) is 15.9 Å². The summed E-state index contributed by atoms with van der Waals surface area (Å²) in [5.74, 6) is 1.24. The zero-order valence-corrected chi connectivity index (χ0v) is 11.2. The average Bonchev–Trinajstić information content (AvgIpc) is 2.79. The third-order valence-corrected chi connectivity index (χ3v) is 2.19. The summed E-state index contributed by atoms with van der Waals surface area (Å²) in [7, 11) is 1.70. The molecule has 0 N–H and O–H groups in total. The predicted molar refractivity (Wildman–Crippen MR) is 61.7 cm³/mol. The molecule has 3 heteroatoms. The van der Waals surface area contributed by atoms with Crippen molar-refractivity contribution in [2.75, 3.05) is 13.7 Å². The smallest absolute Gasteiger partial charge is 0.0530 e. The topological polar surface area (TPSA) is 9.23 Å². The minimum atomic E-state index is 0. The number of rotatable bonds is 2. The maximum Gasteiger partial charge on any atom is 0.0530 e. The number of ether oxygens (including phenoxy) is 1. The molecule has 0 atom stereocenters. The van der Waals surface area contributed by atoms with Crippen molar-refractivity contribution in [3.63, 3.8) is 0 Å². The third kappa shape index (κ3) is 7.79. The van der Waals surface area contributed by atoms with Crippen molar-refractivity contribution in [1.29, 1.82) is 0 Å². The van der Waals surface area contributed by atoms with Gasteiger partial charge in [-0.25, -0.2) is 0 Å². The molecule has 2 fully saturated rings. The van der Waals surface area contributed by atoms with Crippen LogP contribution in [0.5, 0.6) is 0 Å². The van der Waals surface area contributed by atoms with Crippen molar-refractivity contribution in [3.8, 4) is 0 Å². The van der Waals surface area contributed by atoms with E-state index >= 15 is 0 Å². The number of methoxy groups -OCH3 is 1. The Morgan fingerprint density at radius 1 is 1.00 bits per heavy atom. The van der Waals surface area contributed by atoms with Gasteiger partial charge in [-0.3, -0.25) is 0 Å². The first kappa shape index (κ1) is 16.0. The molecule has 2 aliphatic carbocycles. The maximum absolute atomic E-state index is 4.89. The summed E-state index contributed by atoms with van der Waals surface area (Å²) in [4.78, 5) is 1.16. The molecule has 0 aromatic carbocycles. The van der Waals surface area contributed by atoms with Crippen LogP contribution in [0.2, 0.25) is 0 Å². The van der Waals surface area contributed by atoms with E-state index in [1.54, 1.807) is 7.11 Å². The Balaban J connectivity index is 0.000000253. The van der Waals surface area contributed by atoms with Crippen LogP contribution in [0.1, 0.15) is 0 Å². The van der Waals surface area contributed by atoms with Gasteiger partial charge in [0, 0.05) is 34.9 Å². The first-order chi connectivity index (χ1) is 6.83. The fourth-order valence-electron chi connectivity index (χ4n) is 1.03. The molecule has 10 radical (unpaired) electrons. The van der Waals surface area contributed by atoms with Crippen LogP contribution in [0, 0.1) is 62.1 Å². The zero-order valence-electron chi connectivity index (χ0n) is 8.47. The Hall–Kier alpha value is 0.959. The van der Waals surface area contributed by atoms with Gasteiger partial charge in [-0.1, -0.05) is 15.9 Å². The van der Waals surface area contributed by atoms with Crippen molar-refractivity contribution in [2.24, 2.45) is 0 Å². The molecule has 0 aromatic rings. The van der Waals surface area contributed by atoms with Crippen LogP contribution < -0.4 is 0 Å². The first-order valence-electron chi connectivity index (χ1n) is 4.39. The second-order valence-electron chi connectivity index (χ2n) is 2.83. The molecule has 0 heterocycles. The molecule has 0 aliphatic heterocycles. The fraction of sp³-hybridized carbons (Fsp3) is 0.167. The van der Waals surface area contributed by atoms with Crippen molar-refractivity contribution in [1.82, 2.24) is 0 Å². The van der Waals surface area contributed by atoms with Crippen molar-refractivity contribution in [3.05, 3.63) is 62.1 Å². The Kier molecular flexibility index (Phi) is 10.8. The van der Waals surface area contributed by atoms with Crippen LogP contribution in [0.4, 0.5) is 0 Å². The van der Waals surface area contributed by atoms with Crippen molar-refractivity contribution >= 4 is 15.9 Å². The molecule has 0 bridgehead atoms. The number of hydrogen-bond donors (Lipinski definition) is 0. The molecule has 0 saturated heterocycles. The summed E-state index contributed by atoms with van der Waals surface area (Å²) in [5.41, 5.74) is 0. The van der Waals surface area contributed by atoms with Crippen molar-refractivity contribution < 1.29 is 21.8 Å². The molecule has 0 unspecified atom stereocenters. The molecule has 2 rings (SSSR count). The van der Waals surface area contributed by atoms with E-state index in [1.807, 2.05) is 51.4 Å². The molecule has 0 aromatic heterocycles. The summed E-state index contributed by atoms with van der Waals surface area (Å²) < 4.78 is 4.89. The standard InChI is InChI=1S/C7H9O.C5H4Br.Fe/c1-8-6-7-4-2-3-5-7;6-5-3-1-2-4-5;/h2-5H,6H2,1H3;1-4H;. The minimum absolute atomic E-state index is 0. The Morgan fingerprint density at radius 2 is 1.47 bits per heavy atom. The quantitative estimate of drug-likeness (QED) is 0.713. The van der Waals surface area contributed by atoms with Gasteiger partial charge in [0.05, 0.1) is 6.61 Å². The molecular formula is C12H13BrFeO. The molecule has 15 heavy (non-hydrogen) atoms. The van der Waals surface area contributed by atoms with Gasteiger partial charge in [-0.2, -0.15) is 0 Å². The summed E-state index contributed by atoms with van der Waals surface area (Å²) in [6.45, 7) is 0.729. The van der Waals surface area contributed by atoms with E-state index in [-0.39, 0.29) is 17.1 Å². The Labute approximate surface area is 113 Å². The average molecular weight is 309 g/mol. The second kappa shape index (κ2) is 10.1. The molecule has 2 saturated carbocycles. The molecule has 0 spiro atoms. The van der Waals surface area contributed by atoms with E-state index in [4.69, 9.17) is 4.74 Å². The third-order valence-electron chi connectivity index (χ3n) is 1.66. The van der Waals surface area contributed by atoms with E-state index in [0.717, 1.165) is 11.4 Å². The Bertz CT molecular complexity index is 132. The van der Waals surface area contributed by atoms with E-state index in [9.17, 15) is 0 Å². The molecule has 82 valence electrons. The van der Waals surface area contributed by atoms with Crippen LogP contribution >= 0.6 is 15.9 Å². The summed E-state index contributed by atoms with van der Waals surface area (Å²) in [6, 6.07) is 0. The normalized spacial score (nSPS) is 22.0. The SMILES string of the molecule is Br[C]1[CH][CH][CH][CH]1.COC[C]1[CH][CH][CH][CH]1.[Fe]. The fourth-order valence-corrected chi connectivity index (χ4v) is 1.33. The number of halogens is 1. The second-order valence-corrected chi connectivity index (χ2v) is 3.74. The van der Waals surface area contributed by atoms with E-state index < -0.39 is 0 Å². The molecular weight excluding hydrogens is 296 g/mol. The van der Waals surface area contributed by atoms with Gasteiger partial charge >= 0.3 is 0 Å². The maximum atomic E-state index is 4.89. The Morgan fingerprint density at radius 3 is 1.80 bits per heavy atom. The molecule has 1 nitrogen and oxygen atoms in total. The summed E-state index contributed by atoms with van der Waals surface area (Å²) in [5, 5.41) is 0. The monoisotopic (exact) mass is 308 g/mol. The minimum Gasteiger partial charge on any atom is -0.384 e. The van der Waals surface area contributed by atoms with Gasteiger partial charge in [0.1, 0.15) is 0 Å². The van der Waals surface area contributed by atoms with Crippen LogP contribution in [-0.4, -0.2) is 13.7 Å². The van der Waals surface area contributed by atoms with Crippen LogP contribution in [0.25, 0.3) is 0 Å². The largest absolute Gasteiger partial charge is 0.384 e. The number of hydrogen-bond acceptors (Lipinski definition) is 1. The van der Waals surface area contributed by atoms with Gasteiger partial charge in [0.15, 0.2) is 0 Å². The predicted octanol–water partition coefficient (Wildman–Crippen LogP) is 2.78. The van der Waals surface area contributed by atoms with Crippen LogP contribution in [-0.2, 0) is 21.8 Å². The van der Waals surface area contributed by atoms with E-state index in [1.165, 1.54) is 5.92 Å². The van der Waals surface area contributed by atoms with Gasteiger partial charge in [0.25, 0.3) is 0 Å². The van der Waals surface area contributed by atoms with E-state index in [0.29, 0.717) is 0 Å². The summed E-state index contributed by atoms with van der Waals surface area (Å²) in [6.07, 6.45) is 16.1.